The molecular weight excluding hydrogens is 274 g/mol. The van der Waals surface area contributed by atoms with Crippen LogP contribution in [0.2, 0.25) is 0 Å². The first-order chi connectivity index (χ1) is 9.93. The van der Waals surface area contributed by atoms with Gasteiger partial charge in [-0.25, -0.2) is 4.98 Å². The maximum atomic E-state index is 11.6. The summed E-state index contributed by atoms with van der Waals surface area (Å²) < 4.78 is 0. The number of rotatable bonds is 5. The number of pyridine rings is 1. The van der Waals surface area contributed by atoms with E-state index < -0.39 is 16.3 Å². The molecule has 1 heterocycles. The van der Waals surface area contributed by atoms with Gasteiger partial charge < -0.3 is 10.4 Å². The molecule has 1 aromatic rings. The van der Waals surface area contributed by atoms with Gasteiger partial charge in [0.25, 0.3) is 5.69 Å². The number of anilines is 1. The monoisotopic (exact) mass is 293 g/mol. The molecule has 0 atom stereocenters. The predicted octanol–water partition coefficient (Wildman–Crippen LogP) is 2.68. The maximum absolute atomic E-state index is 11.6. The van der Waals surface area contributed by atoms with Crippen LogP contribution in [-0.4, -0.2) is 27.5 Å². The number of carbonyl (C=O) groups is 1. The Bertz CT molecular complexity index is 539. The molecule has 7 nitrogen and oxygen atoms in total. The predicted molar refractivity (Wildman–Crippen MR) is 77.1 cm³/mol. The molecule has 0 unspecified atom stereocenters. The van der Waals surface area contributed by atoms with E-state index in [9.17, 15) is 20.0 Å². The van der Waals surface area contributed by atoms with Crippen molar-refractivity contribution in [2.24, 2.45) is 11.3 Å². The van der Waals surface area contributed by atoms with Crippen molar-refractivity contribution < 1.29 is 14.8 Å². The van der Waals surface area contributed by atoms with Crippen LogP contribution in [0, 0.1) is 21.4 Å². The first-order valence-corrected chi connectivity index (χ1v) is 7.01. The molecule has 21 heavy (non-hydrogen) atoms. The van der Waals surface area contributed by atoms with Gasteiger partial charge in [0, 0.05) is 18.8 Å². The van der Waals surface area contributed by atoms with Gasteiger partial charge in [0.1, 0.15) is 5.82 Å². The molecule has 0 aromatic carbocycles. The van der Waals surface area contributed by atoms with E-state index in [4.69, 9.17) is 0 Å². The highest BCUT2D eigenvalue weighted by molar-refractivity contribution is 5.75. The molecule has 2 rings (SSSR count). The zero-order chi connectivity index (χ0) is 15.5. The Morgan fingerprint density at radius 1 is 1.57 bits per heavy atom. The van der Waals surface area contributed by atoms with Crippen molar-refractivity contribution >= 4 is 17.5 Å². The van der Waals surface area contributed by atoms with E-state index in [2.05, 4.69) is 17.2 Å². The van der Waals surface area contributed by atoms with Crippen LogP contribution in [0.25, 0.3) is 0 Å². The number of nitro groups is 1. The average molecular weight is 293 g/mol. The maximum Gasteiger partial charge on any atom is 0.311 e. The van der Waals surface area contributed by atoms with Gasteiger partial charge in [-0.05, 0) is 31.6 Å². The zero-order valence-corrected chi connectivity index (χ0v) is 11.9. The van der Waals surface area contributed by atoms with Gasteiger partial charge in [-0.3, -0.25) is 14.9 Å². The SMILES string of the molecule is CC1CCC(CNc2cc([N+](=O)[O-])ccn2)(C(=O)O)CC1. The van der Waals surface area contributed by atoms with E-state index in [0.29, 0.717) is 24.6 Å². The quantitative estimate of drug-likeness (QED) is 0.638. The third kappa shape index (κ3) is 3.48. The van der Waals surface area contributed by atoms with E-state index >= 15 is 0 Å². The van der Waals surface area contributed by atoms with Crippen molar-refractivity contribution in [3.63, 3.8) is 0 Å². The second kappa shape index (κ2) is 6.07. The van der Waals surface area contributed by atoms with Gasteiger partial charge in [-0.15, -0.1) is 0 Å². The third-order valence-corrected chi connectivity index (χ3v) is 4.25. The normalized spacial score (nSPS) is 25.3. The lowest BCUT2D eigenvalue weighted by molar-refractivity contribution is -0.384. The van der Waals surface area contributed by atoms with Crippen molar-refractivity contribution in [1.29, 1.82) is 0 Å². The van der Waals surface area contributed by atoms with Crippen LogP contribution >= 0.6 is 0 Å². The lowest BCUT2D eigenvalue weighted by atomic mass is 9.71. The van der Waals surface area contributed by atoms with Crippen molar-refractivity contribution in [2.45, 2.75) is 32.6 Å². The van der Waals surface area contributed by atoms with Gasteiger partial charge in [0.15, 0.2) is 0 Å². The second-order valence-corrected chi connectivity index (χ2v) is 5.78. The standard InChI is InChI=1S/C14H19N3O4/c1-10-2-5-14(6-3-10,13(18)19)9-16-12-8-11(17(20)21)4-7-15-12/h4,7-8,10H,2-3,5-6,9H2,1H3,(H,15,16)(H,18,19). The smallest absolute Gasteiger partial charge is 0.311 e. The van der Waals surface area contributed by atoms with Gasteiger partial charge in [0.05, 0.1) is 16.4 Å². The minimum atomic E-state index is -0.813. The molecule has 0 saturated heterocycles. The van der Waals surface area contributed by atoms with Crippen LogP contribution in [-0.2, 0) is 4.79 Å². The molecule has 2 N–H and O–H groups in total. The molecule has 0 amide bonds. The van der Waals surface area contributed by atoms with Crippen molar-refractivity contribution in [1.82, 2.24) is 4.98 Å². The third-order valence-electron chi connectivity index (χ3n) is 4.25. The molecule has 0 radical (unpaired) electrons. The summed E-state index contributed by atoms with van der Waals surface area (Å²) in [5.74, 6) is 0.0733. The summed E-state index contributed by atoms with van der Waals surface area (Å²) in [4.78, 5) is 25.8. The highest BCUT2D eigenvalue weighted by Crippen LogP contribution is 2.39. The number of nitrogens with zero attached hydrogens (tertiary/aromatic N) is 2. The minimum absolute atomic E-state index is 0.0610. The first-order valence-electron chi connectivity index (χ1n) is 7.01. The number of carboxylic acid groups (broad SMARTS) is 1. The summed E-state index contributed by atoms with van der Waals surface area (Å²) >= 11 is 0. The largest absolute Gasteiger partial charge is 0.481 e. The number of aromatic nitrogens is 1. The van der Waals surface area contributed by atoms with Gasteiger partial charge in [0.2, 0.25) is 0 Å². The molecular formula is C14H19N3O4. The molecule has 1 aliphatic rings. The van der Waals surface area contributed by atoms with Crippen LogP contribution in [0.15, 0.2) is 18.3 Å². The molecule has 0 aliphatic heterocycles. The second-order valence-electron chi connectivity index (χ2n) is 5.78. The fourth-order valence-corrected chi connectivity index (χ4v) is 2.67. The summed E-state index contributed by atoms with van der Waals surface area (Å²) in [5, 5.41) is 23.2. The molecule has 114 valence electrons. The minimum Gasteiger partial charge on any atom is -0.481 e. The molecule has 1 saturated carbocycles. The van der Waals surface area contributed by atoms with E-state index in [0.717, 1.165) is 12.8 Å². The van der Waals surface area contributed by atoms with Crippen LogP contribution < -0.4 is 5.32 Å². The highest BCUT2D eigenvalue weighted by Gasteiger charge is 2.41. The van der Waals surface area contributed by atoms with Crippen LogP contribution in [0.1, 0.15) is 32.6 Å². The topological polar surface area (TPSA) is 105 Å². The van der Waals surface area contributed by atoms with E-state index in [-0.39, 0.29) is 12.2 Å². The molecule has 1 aliphatic carbocycles. The zero-order valence-electron chi connectivity index (χ0n) is 11.9. The van der Waals surface area contributed by atoms with E-state index in [1.54, 1.807) is 0 Å². The van der Waals surface area contributed by atoms with Gasteiger partial charge >= 0.3 is 5.97 Å². The number of hydrogen-bond acceptors (Lipinski definition) is 5. The number of hydrogen-bond donors (Lipinski definition) is 2. The molecule has 1 fully saturated rings. The molecule has 7 heteroatoms. The average Bonchev–Trinajstić information content (AvgIpc) is 2.47. The van der Waals surface area contributed by atoms with Crippen molar-refractivity contribution in [3.05, 3.63) is 28.4 Å². The van der Waals surface area contributed by atoms with Crippen LogP contribution in [0.5, 0.6) is 0 Å². The van der Waals surface area contributed by atoms with Gasteiger partial charge in [-0.2, -0.15) is 0 Å². The lowest BCUT2D eigenvalue weighted by Crippen LogP contribution is -2.41. The summed E-state index contributed by atoms with van der Waals surface area (Å²) in [6.07, 6.45) is 4.35. The van der Waals surface area contributed by atoms with Crippen LogP contribution in [0.4, 0.5) is 11.5 Å². The van der Waals surface area contributed by atoms with Crippen LogP contribution in [0.3, 0.4) is 0 Å². The summed E-state index contributed by atoms with van der Waals surface area (Å²) in [6.45, 7) is 2.37. The molecule has 0 bridgehead atoms. The summed E-state index contributed by atoms with van der Waals surface area (Å²) in [5.41, 5.74) is -0.868. The Labute approximate surface area is 122 Å². The fourth-order valence-electron chi connectivity index (χ4n) is 2.67. The van der Waals surface area contributed by atoms with E-state index in [1.807, 2.05) is 0 Å². The lowest BCUT2D eigenvalue weighted by Gasteiger charge is -2.35. The van der Waals surface area contributed by atoms with E-state index in [1.165, 1.54) is 18.3 Å². The fraction of sp³-hybridized carbons (Fsp3) is 0.571. The highest BCUT2D eigenvalue weighted by atomic mass is 16.6. The Kier molecular flexibility index (Phi) is 4.40. The number of nitrogens with one attached hydrogen (secondary N) is 1. The number of aliphatic carboxylic acids is 1. The molecule has 0 spiro atoms. The summed E-state index contributed by atoms with van der Waals surface area (Å²) in [6, 6.07) is 2.63. The Balaban J connectivity index is 2.07. The van der Waals surface area contributed by atoms with Crippen molar-refractivity contribution in [3.8, 4) is 0 Å². The Morgan fingerprint density at radius 2 is 2.24 bits per heavy atom. The van der Waals surface area contributed by atoms with Gasteiger partial charge in [-0.1, -0.05) is 6.92 Å². The van der Waals surface area contributed by atoms with Crippen molar-refractivity contribution in [2.75, 3.05) is 11.9 Å². The Hall–Kier alpha value is -2.18. The summed E-state index contributed by atoms with van der Waals surface area (Å²) in [7, 11) is 0. The molecule has 1 aromatic heterocycles. The number of carboxylic acids is 1. The Morgan fingerprint density at radius 3 is 2.81 bits per heavy atom. The first kappa shape index (κ1) is 15.2.